The zero-order valence-corrected chi connectivity index (χ0v) is 19.2. The largest absolute Gasteiger partial charge is 0.354 e. The van der Waals surface area contributed by atoms with Crippen LogP contribution in [-0.4, -0.2) is 47.9 Å². The second-order valence-electron chi connectivity index (χ2n) is 8.56. The molecule has 0 aliphatic carbocycles. The van der Waals surface area contributed by atoms with Crippen molar-refractivity contribution >= 4 is 23.2 Å². The fourth-order valence-corrected chi connectivity index (χ4v) is 4.38. The number of amides is 1. The van der Waals surface area contributed by atoms with Crippen molar-refractivity contribution in [2.45, 2.75) is 78.3 Å². The van der Waals surface area contributed by atoms with Gasteiger partial charge in [-0.15, -0.1) is 11.3 Å². The van der Waals surface area contributed by atoms with Crippen molar-refractivity contribution in [1.82, 2.24) is 20.5 Å². The summed E-state index contributed by atoms with van der Waals surface area (Å²) < 4.78 is 0. The summed E-state index contributed by atoms with van der Waals surface area (Å²) >= 11 is 1.68. The third-order valence-corrected chi connectivity index (χ3v) is 6.28. The topological polar surface area (TPSA) is 69.6 Å². The van der Waals surface area contributed by atoms with Gasteiger partial charge in [-0.2, -0.15) is 0 Å². The van der Waals surface area contributed by atoms with E-state index >= 15 is 0 Å². The van der Waals surface area contributed by atoms with Gasteiger partial charge in [0.05, 0.1) is 12.2 Å². The molecule has 1 aliphatic rings. The molecular formula is C21H37N5OS. The van der Waals surface area contributed by atoms with Crippen molar-refractivity contribution in [2.24, 2.45) is 10.9 Å². The van der Waals surface area contributed by atoms with Crippen molar-refractivity contribution in [2.75, 3.05) is 20.1 Å². The lowest BCUT2D eigenvalue weighted by Gasteiger charge is -2.34. The first kappa shape index (κ1) is 22.7. The number of thiazole rings is 1. The maximum Gasteiger partial charge on any atom is 0.225 e. The minimum atomic E-state index is 0.0780. The maximum absolute atomic E-state index is 12.5. The predicted molar refractivity (Wildman–Crippen MR) is 118 cm³/mol. The smallest absolute Gasteiger partial charge is 0.225 e. The average molecular weight is 408 g/mol. The van der Waals surface area contributed by atoms with Gasteiger partial charge in [0, 0.05) is 42.9 Å². The third-order valence-electron chi connectivity index (χ3n) is 5.43. The summed E-state index contributed by atoms with van der Waals surface area (Å²) in [5, 5.41) is 10.1. The molecule has 0 atom stereocenters. The van der Waals surface area contributed by atoms with Gasteiger partial charge in [-0.05, 0) is 25.7 Å². The Hall–Kier alpha value is -1.63. The van der Waals surface area contributed by atoms with Crippen molar-refractivity contribution in [3.05, 3.63) is 16.1 Å². The molecule has 0 unspecified atom stereocenters. The number of carbonyl (C=O) groups excluding carboxylic acids is 1. The number of carbonyl (C=O) groups is 1. The van der Waals surface area contributed by atoms with Crippen LogP contribution in [0.2, 0.25) is 0 Å². The first-order chi connectivity index (χ1) is 13.3. The van der Waals surface area contributed by atoms with Crippen LogP contribution >= 0.6 is 11.3 Å². The molecule has 0 aromatic carbocycles. The van der Waals surface area contributed by atoms with Gasteiger partial charge in [0.15, 0.2) is 5.96 Å². The summed E-state index contributed by atoms with van der Waals surface area (Å²) in [5.74, 6) is 1.30. The summed E-state index contributed by atoms with van der Waals surface area (Å²) in [4.78, 5) is 23.7. The fraction of sp³-hybridized carbons (Fsp3) is 0.762. The molecule has 1 aliphatic heterocycles. The zero-order valence-electron chi connectivity index (χ0n) is 18.3. The molecule has 158 valence electrons. The Bertz CT molecular complexity index is 652. The Morgan fingerprint density at radius 2 is 1.96 bits per heavy atom. The van der Waals surface area contributed by atoms with Gasteiger partial charge >= 0.3 is 0 Å². The summed E-state index contributed by atoms with van der Waals surface area (Å²) in [5.41, 5.74) is 1.21. The molecule has 28 heavy (non-hydrogen) atoms. The highest BCUT2D eigenvalue weighted by molar-refractivity contribution is 7.09. The van der Waals surface area contributed by atoms with Crippen LogP contribution in [-0.2, 0) is 16.8 Å². The van der Waals surface area contributed by atoms with Crippen LogP contribution in [0.1, 0.15) is 71.0 Å². The van der Waals surface area contributed by atoms with Gasteiger partial charge in [-0.3, -0.25) is 9.79 Å². The molecule has 0 bridgehead atoms. The molecule has 7 heteroatoms. The molecule has 1 aromatic heterocycles. The van der Waals surface area contributed by atoms with E-state index in [-0.39, 0.29) is 11.3 Å². The molecule has 0 spiro atoms. The van der Waals surface area contributed by atoms with Crippen LogP contribution in [0.25, 0.3) is 0 Å². The highest BCUT2D eigenvalue weighted by Crippen LogP contribution is 2.23. The summed E-state index contributed by atoms with van der Waals surface area (Å²) in [6.45, 7) is 13.1. The molecule has 0 radical (unpaired) electrons. The van der Waals surface area contributed by atoms with Gasteiger partial charge in [0.2, 0.25) is 5.91 Å². The van der Waals surface area contributed by atoms with E-state index in [2.05, 4.69) is 55.6 Å². The third kappa shape index (κ3) is 6.19. The van der Waals surface area contributed by atoms with Crippen LogP contribution in [0, 0.1) is 5.92 Å². The van der Waals surface area contributed by atoms with Crippen LogP contribution in [0.3, 0.4) is 0 Å². The lowest BCUT2D eigenvalue weighted by molar-refractivity contribution is -0.136. The second kappa shape index (κ2) is 10.2. The SMILES string of the molecule is CCC(CC)C(=O)N1CCC(NC(=NC)NCc2nc(C(C)(C)C)cs2)CC1. The first-order valence-electron chi connectivity index (χ1n) is 10.5. The zero-order chi connectivity index (χ0) is 20.7. The van der Waals surface area contributed by atoms with E-state index in [0.29, 0.717) is 18.5 Å². The number of hydrogen-bond donors (Lipinski definition) is 2. The van der Waals surface area contributed by atoms with E-state index in [0.717, 1.165) is 55.4 Å². The molecule has 1 amide bonds. The van der Waals surface area contributed by atoms with Gasteiger partial charge in [0.25, 0.3) is 0 Å². The standard InChI is InChI=1S/C21H37N5OS/c1-7-15(8-2)19(27)26-11-9-16(10-12-26)24-20(22-6)23-13-18-25-17(14-28-18)21(3,4)5/h14-16H,7-13H2,1-6H3,(H2,22,23,24). The monoisotopic (exact) mass is 407 g/mol. The molecule has 6 nitrogen and oxygen atoms in total. The molecule has 2 N–H and O–H groups in total. The van der Waals surface area contributed by atoms with Crippen molar-refractivity contribution in [3.8, 4) is 0 Å². The number of likely N-dealkylation sites (tertiary alicyclic amines) is 1. The Morgan fingerprint density at radius 3 is 2.46 bits per heavy atom. The number of nitrogens with zero attached hydrogens (tertiary/aromatic N) is 3. The average Bonchev–Trinajstić information content (AvgIpc) is 3.16. The van der Waals surface area contributed by atoms with Crippen LogP contribution in [0.5, 0.6) is 0 Å². The molecule has 1 aromatic rings. The maximum atomic E-state index is 12.5. The van der Waals surface area contributed by atoms with E-state index < -0.39 is 0 Å². The normalized spacial score (nSPS) is 16.5. The first-order valence-corrected chi connectivity index (χ1v) is 11.4. The lowest BCUT2D eigenvalue weighted by atomic mass is 9.93. The van der Waals surface area contributed by atoms with Crippen LogP contribution < -0.4 is 10.6 Å². The van der Waals surface area contributed by atoms with Crippen LogP contribution in [0.15, 0.2) is 10.4 Å². The van der Waals surface area contributed by atoms with Gasteiger partial charge in [0.1, 0.15) is 5.01 Å². The molecule has 0 saturated carbocycles. The Balaban J connectivity index is 1.80. The van der Waals surface area contributed by atoms with Gasteiger partial charge in [-0.1, -0.05) is 34.6 Å². The van der Waals surface area contributed by atoms with E-state index in [4.69, 9.17) is 4.98 Å². The number of aromatic nitrogens is 1. The summed E-state index contributed by atoms with van der Waals surface area (Å²) in [7, 11) is 1.80. The van der Waals surface area contributed by atoms with Crippen molar-refractivity contribution in [1.29, 1.82) is 0 Å². The fourth-order valence-electron chi connectivity index (χ4n) is 3.42. The highest BCUT2D eigenvalue weighted by atomic mass is 32.1. The van der Waals surface area contributed by atoms with E-state index in [1.807, 2.05) is 4.90 Å². The molecule has 2 heterocycles. The number of guanidine groups is 1. The van der Waals surface area contributed by atoms with Crippen molar-refractivity contribution in [3.63, 3.8) is 0 Å². The van der Waals surface area contributed by atoms with E-state index in [1.54, 1.807) is 18.4 Å². The van der Waals surface area contributed by atoms with Crippen LogP contribution in [0.4, 0.5) is 0 Å². The van der Waals surface area contributed by atoms with Crippen molar-refractivity contribution < 1.29 is 4.79 Å². The molecular weight excluding hydrogens is 370 g/mol. The molecule has 2 rings (SSSR count). The number of piperidine rings is 1. The van der Waals surface area contributed by atoms with Gasteiger partial charge in [-0.25, -0.2) is 4.98 Å². The predicted octanol–water partition coefficient (Wildman–Crippen LogP) is 3.53. The quantitative estimate of drug-likeness (QED) is 0.559. The van der Waals surface area contributed by atoms with E-state index in [9.17, 15) is 4.79 Å². The minimum absolute atomic E-state index is 0.0780. The summed E-state index contributed by atoms with van der Waals surface area (Å²) in [6, 6.07) is 0.346. The number of hydrogen-bond acceptors (Lipinski definition) is 4. The summed E-state index contributed by atoms with van der Waals surface area (Å²) in [6.07, 6.45) is 3.77. The lowest BCUT2D eigenvalue weighted by Crippen LogP contribution is -2.50. The Morgan fingerprint density at radius 1 is 1.32 bits per heavy atom. The highest BCUT2D eigenvalue weighted by Gasteiger charge is 2.26. The number of rotatable bonds is 6. The number of nitrogens with one attached hydrogen (secondary N) is 2. The Kier molecular flexibility index (Phi) is 8.28. The number of aliphatic imine (C=N–C) groups is 1. The van der Waals surface area contributed by atoms with Gasteiger partial charge < -0.3 is 15.5 Å². The second-order valence-corrected chi connectivity index (χ2v) is 9.50. The minimum Gasteiger partial charge on any atom is -0.354 e. The molecule has 1 saturated heterocycles. The Labute approximate surface area is 174 Å². The van der Waals surface area contributed by atoms with E-state index in [1.165, 1.54) is 0 Å². The molecule has 1 fully saturated rings.